The Labute approximate surface area is 109 Å². The van der Waals surface area contributed by atoms with Crippen LogP contribution in [0, 0.1) is 6.92 Å². The lowest BCUT2D eigenvalue weighted by atomic mass is 9.95. The summed E-state index contributed by atoms with van der Waals surface area (Å²) in [5.41, 5.74) is 3.77. The van der Waals surface area contributed by atoms with Gasteiger partial charge in [-0.25, -0.2) is 0 Å². The monoisotopic (exact) mass is 234 g/mol. The first-order valence-electron chi connectivity index (χ1n) is 6.22. The van der Waals surface area contributed by atoms with Crippen molar-refractivity contribution in [1.82, 2.24) is 0 Å². The number of hydrogen-bond acceptors (Lipinski definition) is 0. The second-order valence-corrected chi connectivity index (χ2v) is 4.33. The molecule has 0 unspecified atom stereocenters. The number of aryl methyl sites for hydroxylation is 1. The van der Waals surface area contributed by atoms with Crippen LogP contribution in [-0.4, -0.2) is 0 Å². The van der Waals surface area contributed by atoms with E-state index in [4.69, 9.17) is 0 Å². The molecule has 0 N–H and O–H groups in total. The van der Waals surface area contributed by atoms with Gasteiger partial charge in [-0.05, 0) is 41.3 Å². The summed E-state index contributed by atoms with van der Waals surface area (Å²) >= 11 is 0. The first-order valence-corrected chi connectivity index (χ1v) is 6.22. The lowest BCUT2D eigenvalue weighted by Crippen LogP contribution is -1.87. The highest BCUT2D eigenvalue weighted by Crippen LogP contribution is 2.28. The van der Waals surface area contributed by atoms with Crippen LogP contribution in [0.4, 0.5) is 0 Å². The third kappa shape index (κ3) is 2.28. The molecule has 2 rings (SSSR count). The average molecular weight is 234 g/mol. The van der Waals surface area contributed by atoms with Gasteiger partial charge in [0.2, 0.25) is 0 Å². The van der Waals surface area contributed by atoms with Gasteiger partial charge in [0.15, 0.2) is 0 Å². The van der Waals surface area contributed by atoms with Gasteiger partial charge in [-0.15, -0.1) is 0 Å². The van der Waals surface area contributed by atoms with Gasteiger partial charge in [0.1, 0.15) is 0 Å². The number of benzene rings is 2. The summed E-state index contributed by atoms with van der Waals surface area (Å²) in [4.78, 5) is 0. The number of allylic oxidation sites excluding steroid dienone is 5. The largest absolute Gasteiger partial charge is 0.0990 e. The van der Waals surface area contributed by atoms with E-state index in [1.807, 2.05) is 13.0 Å². The zero-order valence-electron chi connectivity index (χ0n) is 11.0. The Morgan fingerprint density at radius 1 is 1.06 bits per heavy atom. The molecule has 0 amide bonds. The van der Waals surface area contributed by atoms with Crippen LogP contribution in [0.25, 0.3) is 16.3 Å². The Bertz CT molecular complexity index is 628. The Morgan fingerprint density at radius 3 is 2.44 bits per heavy atom. The lowest BCUT2D eigenvalue weighted by molar-refractivity contribution is 1.51. The van der Waals surface area contributed by atoms with Gasteiger partial charge in [0.25, 0.3) is 0 Å². The first kappa shape index (κ1) is 12.4. The SMILES string of the molecule is C=C/C=C(\C=C/C)c1ccc(C)c2ccccc12. The molecule has 0 heterocycles. The van der Waals surface area contributed by atoms with Gasteiger partial charge in [0.05, 0.1) is 0 Å². The van der Waals surface area contributed by atoms with Crippen molar-refractivity contribution in [3.05, 3.63) is 78.4 Å². The van der Waals surface area contributed by atoms with E-state index in [9.17, 15) is 0 Å². The molecule has 0 fully saturated rings. The van der Waals surface area contributed by atoms with Gasteiger partial charge in [0, 0.05) is 0 Å². The summed E-state index contributed by atoms with van der Waals surface area (Å²) in [6, 6.07) is 12.9. The molecule has 0 saturated carbocycles. The van der Waals surface area contributed by atoms with E-state index in [0.717, 1.165) is 0 Å². The summed E-state index contributed by atoms with van der Waals surface area (Å²) in [6.45, 7) is 7.98. The van der Waals surface area contributed by atoms with Crippen LogP contribution in [-0.2, 0) is 0 Å². The van der Waals surface area contributed by atoms with Crippen molar-refractivity contribution in [2.24, 2.45) is 0 Å². The summed E-state index contributed by atoms with van der Waals surface area (Å²) in [5.74, 6) is 0. The van der Waals surface area contributed by atoms with Gasteiger partial charge < -0.3 is 0 Å². The fourth-order valence-electron chi connectivity index (χ4n) is 2.24. The van der Waals surface area contributed by atoms with Crippen LogP contribution in [0.3, 0.4) is 0 Å². The van der Waals surface area contributed by atoms with Gasteiger partial charge in [-0.3, -0.25) is 0 Å². The highest BCUT2D eigenvalue weighted by molar-refractivity contribution is 5.97. The molecule has 2 aromatic carbocycles. The Balaban J connectivity index is 2.75. The van der Waals surface area contributed by atoms with Crippen molar-refractivity contribution in [3.8, 4) is 0 Å². The molecule has 0 saturated heterocycles. The summed E-state index contributed by atoms with van der Waals surface area (Å²) in [5, 5.41) is 2.61. The normalized spacial score (nSPS) is 12.2. The van der Waals surface area contributed by atoms with Crippen LogP contribution in [0.15, 0.2) is 67.3 Å². The second-order valence-electron chi connectivity index (χ2n) is 4.33. The van der Waals surface area contributed by atoms with E-state index in [1.165, 1.54) is 27.5 Å². The van der Waals surface area contributed by atoms with E-state index in [1.54, 1.807) is 0 Å². The molecule has 0 radical (unpaired) electrons. The van der Waals surface area contributed by atoms with Crippen LogP contribution >= 0.6 is 0 Å². The minimum atomic E-state index is 1.20. The highest BCUT2D eigenvalue weighted by Gasteiger charge is 2.05. The number of fused-ring (bicyclic) bond motifs is 1. The molecule has 0 bridgehead atoms. The van der Waals surface area contributed by atoms with Crippen molar-refractivity contribution < 1.29 is 0 Å². The third-order valence-electron chi connectivity index (χ3n) is 3.10. The van der Waals surface area contributed by atoms with E-state index < -0.39 is 0 Å². The van der Waals surface area contributed by atoms with Crippen LogP contribution in [0.2, 0.25) is 0 Å². The smallest absolute Gasteiger partial charge is 0.0103 e. The summed E-state index contributed by atoms with van der Waals surface area (Å²) in [6.07, 6.45) is 8.07. The zero-order valence-corrected chi connectivity index (χ0v) is 11.0. The molecule has 18 heavy (non-hydrogen) atoms. The Hall–Kier alpha value is -2.08. The predicted octanol–water partition coefficient (Wildman–Crippen LogP) is 5.29. The van der Waals surface area contributed by atoms with Gasteiger partial charge in [-0.1, -0.05) is 67.3 Å². The van der Waals surface area contributed by atoms with Crippen molar-refractivity contribution in [3.63, 3.8) is 0 Å². The van der Waals surface area contributed by atoms with E-state index in [0.29, 0.717) is 0 Å². The maximum atomic E-state index is 3.80. The van der Waals surface area contributed by atoms with Crippen LogP contribution in [0.5, 0.6) is 0 Å². The molecule has 0 spiro atoms. The summed E-state index contributed by atoms with van der Waals surface area (Å²) < 4.78 is 0. The summed E-state index contributed by atoms with van der Waals surface area (Å²) in [7, 11) is 0. The van der Waals surface area contributed by atoms with Gasteiger partial charge >= 0.3 is 0 Å². The Morgan fingerprint density at radius 2 is 1.78 bits per heavy atom. The first-order chi connectivity index (χ1) is 8.77. The van der Waals surface area contributed by atoms with Crippen molar-refractivity contribution >= 4 is 16.3 Å². The van der Waals surface area contributed by atoms with Gasteiger partial charge in [-0.2, -0.15) is 0 Å². The average Bonchev–Trinajstić information content (AvgIpc) is 2.39. The molecule has 0 heteroatoms. The molecule has 0 aromatic heterocycles. The van der Waals surface area contributed by atoms with Crippen molar-refractivity contribution in [2.45, 2.75) is 13.8 Å². The number of hydrogen-bond donors (Lipinski definition) is 0. The van der Waals surface area contributed by atoms with E-state index >= 15 is 0 Å². The molecule has 0 aliphatic carbocycles. The minimum Gasteiger partial charge on any atom is -0.0990 e. The maximum Gasteiger partial charge on any atom is -0.0103 e. The fraction of sp³-hybridized carbons (Fsp3) is 0.111. The molecular formula is C18H18. The van der Waals surface area contributed by atoms with Crippen molar-refractivity contribution in [2.75, 3.05) is 0 Å². The molecule has 0 nitrogen and oxygen atoms in total. The second kappa shape index (κ2) is 5.50. The zero-order chi connectivity index (χ0) is 13.0. The van der Waals surface area contributed by atoms with Crippen LogP contribution in [0.1, 0.15) is 18.1 Å². The third-order valence-corrected chi connectivity index (χ3v) is 3.10. The van der Waals surface area contributed by atoms with Crippen LogP contribution < -0.4 is 0 Å². The maximum absolute atomic E-state index is 3.80. The minimum absolute atomic E-state index is 1.20. The molecule has 2 aromatic rings. The lowest BCUT2D eigenvalue weighted by Gasteiger charge is -2.09. The number of rotatable bonds is 3. The highest BCUT2D eigenvalue weighted by atomic mass is 14.1. The topological polar surface area (TPSA) is 0 Å². The van der Waals surface area contributed by atoms with Crippen molar-refractivity contribution in [1.29, 1.82) is 0 Å². The quantitative estimate of drug-likeness (QED) is 0.633. The van der Waals surface area contributed by atoms with E-state index in [2.05, 4.69) is 68.1 Å². The molecule has 0 aliphatic heterocycles. The molecular weight excluding hydrogens is 216 g/mol. The fourth-order valence-corrected chi connectivity index (χ4v) is 2.24. The standard InChI is InChI=1S/C18H18/c1-4-8-15(9-5-2)17-13-12-14(3)16-10-6-7-11-18(16)17/h4-13H,1H2,2-3H3/b9-5-,15-8+. The molecule has 0 aliphatic rings. The molecule has 0 atom stereocenters. The Kier molecular flexibility index (Phi) is 3.78. The van der Waals surface area contributed by atoms with E-state index in [-0.39, 0.29) is 0 Å². The predicted molar refractivity (Wildman–Crippen MR) is 81.7 cm³/mol. The molecule has 90 valence electrons.